The zero-order chi connectivity index (χ0) is 13.9. The number of nitrogens with one attached hydrogen (secondary N) is 2. The first-order chi connectivity index (χ1) is 9.03. The average molecular weight is 337 g/mol. The third-order valence-electron chi connectivity index (χ3n) is 3.30. The second kappa shape index (κ2) is 7.66. The second-order valence-corrected chi connectivity index (χ2v) is 7.38. The Morgan fingerprint density at radius 3 is 2.70 bits per heavy atom. The molecule has 1 aromatic carbocycles. The molecule has 114 valence electrons. The molecule has 0 aliphatic carbocycles. The molecule has 0 bridgehead atoms. The van der Waals surface area contributed by atoms with Crippen molar-refractivity contribution in [1.29, 1.82) is 0 Å². The SMILES string of the molecule is CSc1ccccc1S(=O)(=O)NC1CCNC(C)C1.Cl. The van der Waals surface area contributed by atoms with Crippen LogP contribution in [0, 0.1) is 0 Å². The van der Waals surface area contributed by atoms with Gasteiger partial charge >= 0.3 is 0 Å². The van der Waals surface area contributed by atoms with Gasteiger partial charge in [-0.25, -0.2) is 13.1 Å². The predicted octanol–water partition coefficient (Wildman–Crippen LogP) is 2.25. The Balaban J connectivity index is 0.00000200. The van der Waals surface area contributed by atoms with Crippen molar-refractivity contribution in [2.24, 2.45) is 0 Å². The molecule has 1 saturated heterocycles. The third-order valence-corrected chi connectivity index (χ3v) is 5.81. The van der Waals surface area contributed by atoms with Crippen LogP contribution in [0.2, 0.25) is 0 Å². The Kier molecular flexibility index (Phi) is 6.81. The largest absolute Gasteiger partial charge is 0.314 e. The molecule has 2 atom stereocenters. The zero-order valence-corrected chi connectivity index (χ0v) is 14.1. The first-order valence-electron chi connectivity index (χ1n) is 6.41. The molecule has 7 heteroatoms. The summed E-state index contributed by atoms with van der Waals surface area (Å²) in [6.45, 7) is 2.94. The lowest BCUT2D eigenvalue weighted by molar-refractivity contribution is 0.361. The number of piperidine rings is 1. The van der Waals surface area contributed by atoms with E-state index < -0.39 is 10.0 Å². The molecule has 0 saturated carbocycles. The lowest BCUT2D eigenvalue weighted by Gasteiger charge is -2.28. The first-order valence-corrected chi connectivity index (χ1v) is 9.12. The number of hydrogen-bond donors (Lipinski definition) is 2. The Labute approximate surface area is 131 Å². The van der Waals surface area contributed by atoms with Gasteiger partial charge < -0.3 is 5.32 Å². The molecule has 2 rings (SSSR count). The lowest BCUT2D eigenvalue weighted by atomic mass is 10.0. The van der Waals surface area contributed by atoms with Gasteiger partial charge in [0.15, 0.2) is 0 Å². The fourth-order valence-corrected chi connectivity index (χ4v) is 4.80. The molecule has 1 aliphatic heterocycles. The van der Waals surface area contributed by atoms with E-state index in [9.17, 15) is 8.42 Å². The minimum atomic E-state index is -3.42. The molecule has 2 N–H and O–H groups in total. The van der Waals surface area contributed by atoms with Gasteiger partial charge in [0.2, 0.25) is 10.0 Å². The van der Waals surface area contributed by atoms with Crippen molar-refractivity contribution < 1.29 is 8.42 Å². The van der Waals surface area contributed by atoms with Crippen LogP contribution in [0.4, 0.5) is 0 Å². The predicted molar refractivity (Wildman–Crippen MR) is 86.3 cm³/mol. The fraction of sp³-hybridized carbons (Fsp3) is 0.538. The number of sulfonamides is 1. The smallest absolute Gasteiger partial charge is 0.241 e. The highest BCUT2D eigenvalue weighted by molar-refractivity contribution is 7.99. The number of rotatable bonds is 4. The average Bonchev–Trinajstić information content (AvgIpc) is 2.38. The summed E-state index contributed by atoms with van der Waals surface area (Å²) < 4.78 is 27.7. The van der Waals surface area contributed by atoms with Crippen molar-refractivity contribution in [2.45, 2.75) is 41.6 Å². The van der Waals surface area contributed by atoms with Crippen molar-refractivity contribution in [2.75, 3.05) is 12.8 Å². The Morgan fingerprint density at radius 2 is 2.05 bits per heavy atom. The van der Waals surface area contributed by atoms with Gasteiger partial charge in [-0.05, 0) is 44.7 Å². The van der Waals surface area contributed by atoms with E-state index in [0.717, 1.165) is 24.3 Å². The van der Waals surface area contributed by atoms with Crippen LogP contribution in [-0.2, 0) is 10.0 Å². The molecule has 2 unspecified atom stereocenters. The van der Waals surface area contributed by atoms with Crippen molar-refractivity contribution in [1.82, 2.24) is 10.0 Å². The highest BCUT2D eigenvalue weighted by Gasteiger charge is 2.25. The van der Waals surface area contributed by atoms with Crippen molar-refractivity contribution in [3.63, 3.8) is 0 Å². The molecule has 0 spiro atoms. The fourth-order valence-electron chi connectivity index (χ4n) is 2.36. The van der Waals surface area contributed by atoms with Crippen LogP contribution in [-0.4, -0.2) is 33.3 Å². The van der Waals surface area contributed by atoms with Crippen molar-refractivity contribution in [3.8, 4) is 0 Å². The van der Waals surface area contributed by atoms with Gasteiger partial charge in [-0.1, -0.05) is 12.1 Å². The Bertz CT molecular complexity index is 537. The van der Waals surface area contributed by atoms with Gasteiger partial charge in [0.25, 0.3) is 0 Å². The van der Waals surface area contributed by atoms with E-state index >= 15 is 0 Å². The molecule has 1 heterocycles. The maximum atomic E-state index is 12.4. The number of hydrogen-bond acceptors (Lipinski definition) is 4. The molecule has 1 aromatic rings. The van der Waals surface area contributed by atoms with E-state index in [-0.39, 0.29) is 18.4 Å². The Morgan fingerprint density at radius 1 is 1.35 bits per heavy atom. The quantitative estimate of drug-likeness (QED) is 0.828. The van der Waals surface area contributed by atoms with E-state index in [1.807, 2.05) is 18.4 Å². The molecule has 1 aliphatic rings. The molecule has 0 amide bonds. The molecule has 20 heavy (non-hydrogen) atoms. The van der Waals surface area contributed by atoms with Gasteiger partial charge in [-0.15, -0.1) is 24.2 Å². The summed E-state index contributed by atoms with van der Waals surface area (Å²) in [5.74, 6) is 0. The molecular formula is C13H21ClN2O2S2. The van der Waals surface area contributed by atoms with E-state index in [2.05, 4.69) is 17.0 Å². The monoisotopic (exact) mass is 336 g/mol. The van der Waals surface area contributed by atoms with Crippen LogP contribution >= 0.6 is 24.2 Å². The zero-order valence-electron chi connectivity index (χ0n) is 11.6. The first kappa shape index (κ1) is 17.8. The van der Waals surface area contributed by atoms with E-state index in [1.165, 1.54) is 11.8 Å². The van der Waals surface area contributed by atoms with Crippen LogP contribution in [0.25, 0.3) is 0 Å². The van der Waals surface area contributed by atoms with Crippen LogP contribution in [0.3, 0.4) is 0 Å². The number of thioether (sulfide) groups is 1. The van der Waals surface area contributed by atoms with Gasteiger partial charge in [0, 0.05) is 17.0 Å². The highest BCUT2D eigenvalue weighted by Crippen LogP contribution is 2.25. The standard InChI is InChI=1S/C13H20N2O2S2.ClH/c1-10-9-11(7-8-14-10)15-19(16,17)13-6-4-3-5-12(13)18-2;/h3-6,10-11,14-15H,7-9H2,1-2H3;1H. The Hall–Kier alpha value is -0.270. The minimum Gasteiger partial charge on any atom is -0.314 e. The summed E-state index contributed by atoms with van der Waals surface area (Å²) in [7, 11) is -3.42. The topological polar surface area (TPSA) is 58.2 Å². The molecule has 4 nitrogen and oxygen atoms in total. The summed E-state index contributed by atoms with van der Waals surface area (Å²) in [5, 5.41) is 3.32. The van der Waals surface area contributed by atoms with Crippen LogP contribution < -0.4 is 10.0 Å². The van der Waals surface area contributed by atoms with Crippen LogP contribution in [0.15, 0.2) is 34.1 Å². The molecule has 0 aromatic heterocycles. The summed E-state index contributed by atoms with van der Waals surface area (Å²) in [6.07, 6.45) is 3.56. The van der Waals surface area contributed by atoms with Crippen molar-refractivity contribution in [3.05, 3.63) is 24.3 Å². The normalized spacial score (nSPS) is 23.1. The number of halogens is 1. The highest BCUT2D eigenvalue weighted by atomic mass is 35.5. The lowest BCUT2D eigenvalue weighted by Crippen LogP contribution is -2.46. The van der Waals surface area contributed by atoms with Gasteiger partial charge in [0.05, 0.1) is 4.90 Å². The van der Waals surface area contributed by atoms with E-state index in [4.69, 9.17) is 0 Å². The summed E-state index contributed by atoms with van der Waals surface area (Å²) in [5.41, 5.74) is 0. The maximum absolute atomic E-state index is 12.4. The van der Waals surface area contributed by atoms with Crippen LogP contribution in [0.1, 0.15) is 19.8 Å². The van der Waals surface area contributed by atoms with Gasteiger partial charge in [-0.2, -0.15) is 0 Å². The molecular weight excluding hydrogens is 316 g/mol. The summed E-state index contributed by atoms with van der Waals surface area (Å²) in [4.78, 5) is 1.17. The number of benzene rings is 1. The summed E-state index contributed by atoms with van der Waals surface area (Å²) >= 11 is 1.45. The molecule has 1 fully saturated rings. The maximum Gasteiger partial charge on any atom is 0.241 e. The van der Waals surface area contributed by atoms with Gasteiger partial charge in [-0.3, -0.25) is 0 Å². The second-order valence-electron chi connectivity index (χ2n) is 4.85. The van der Waals surface area contributed by atoms with Crippen LogP contribution in [0.5, 0.6) is 0 Å². The minimum absolute atomic E-state index is 0. The van der Waals surface area contributed by atoms with E-state index in [1.54, 1.807) is 12.1 Å². The van der Waals surface area contributed by atoms with Gasteiger partial charge in [0.1, 0.15) is 0 Å². The summed E-state index contributed by atoms with van der Waals surface area (Å²) in [6, 6.07) is 7.51. The molecule has 0 radical (unpaired) electrons. The van der Waals surface area contributed by atoms with Crippen molar-refractivity contribution >= 4 is 34.2 Å². The third kappa shape index (κ3) is 4.36. The van der Waals surface area contributed by atoms with E-state index in [0.29, 0.717) is 10.9 Å².